The number of ether oxygens (including phenoxy) is 2. The molecule has 27 heavy (non-hydrogen) atoms. The molecule has 140 valence electrons. The maximum atomic E-state index is 12.9. The van der Waals surface area contributed by atoms with Gasteiger partial charge in [0.1, 0.15) is 17.6 Å². The van der Waals surface area contributed by atoms with Crippen molar-refractivity contribution in [1.29, 1.82) is 0 Å². The molecular formula is C19H18N2O6. The van der Waals surface area contributed by atoms with Gasteiger partial charge in [-0.15, -0.1) is 0 Å². The second-order valence-electron chi connectivity index (χ2n) is 6.78. The number of nitrogens with zero attached hydrogens (tertiary/aromatic N) is 1. The molecule has 2 N–H and O–H groups in total. The molecule has 4 rings (SSSR count). The number of aromatic nitrogens is 1. The number of aliphatic carboxylic acids is 1. The minimum absolute atomic E-state index is 0.0107. The molecule has 1 amide bonds. The first-order valence-electron chi connectivity index (χ1n) is 8.48. The predicted molar refractivity (Wildman–Crippen MR) is 94.3 cm³/mol. The van der Waals surface area contributed by atoms with Gasteiger partial charge >= 0.3 is 5.97 Å². The maximum Gasteiger partial charge on any atom is 0.315 e. The molecule has 0 saturated carbocycles. The van der Waals surface area contributed by atoms with Crippen LogP contribution in [0.15, 0.2) is 41.3 Å². The number of carboxylic acids is 1. The average molecular weight is 370 g/mol. The van der Waals surface area contributed by atoms with Crippen molar-refractivity contribution in [3.63, 3.8) is 0 Å². The molecule has 2 aliphatic heterocycles. The topological polar surface area (TPSA) is 109 Å². The van der Waals surface area contributed by atoms with Crippen molar-refractivity contribution in [3.05, 3.63) is 58.0 Å². The lowest BCUT2D eigenvalue weighted by atomic mass is 9.73. The fraction of sp³-hybridized carbons (Fsp3) is 0.316. The summed E-state index contributed by atoms with van der Waals surface area (Å²) in [5.41, 5.74) is -1.08. The Balaban J connectivity index is 1.76. The maximum absolute atomic E-state index is 12.9. The molecule has 0 radical (unpaired) electrons. The molecule has 2 aliphatic rings. The number of nitrogens with one attached hydrogen (secondary N) is 1. The Kier molecular flexibility index (Phi) is 3.91. The van der Waals surface area contributed by atoms with Crippen LogP contribution in [0.3, 0.4) is 0 Å². The second-order valence-corrected chi connectivity index (χ2v) is 6.78. The Hall–Kier alpha value is -3.29. The lowest BCUT2D eigenvalue weighted by Gasteiger charge is -2.36. The van der Waals surface area contributed by atoms with Crippen molar-refractivity contribution in [1.82, 2.24) is 9.88 Å². The number of para-hydroxylation sites is 1. The summed E-state index contributed by atoms with van der Waals surface area (Å²) < 4.78 is 11.1. The lowest BCUT2D eigenvalue weighted by Crippen LogP contribution is -2.46. The van der Waals surface area contributed by atoms with E-state index in [1.54, 1.807) is 24.3 Å². The summed E-state index contributed by atoms with van der Waals surface area (Å²) in [6.45, 7) is 0.0785. The summed E-state index contributed by atoms with van der Waals surface area (Å²) in [6, 6.07) is 8.31. The number of hydrogen-bond acceptors (Lipinski definition) is 5. The monoisotopic (exact) mass is 370 g/mol. The quantitative estimate of drug-likeness (QED) is 0.837. The Morgan fingerprint density at radius 3 is 2.85 bits per heavy atom. The van der Waals surface area contributed by atoms with Crippen LogP contribution in [0.5, 0.6) is 11.5 Å². The van der Waals surface area contributed by atoms with E-state index in [0.717, 1.165) is 0 Å². The van der Waals surface area contributed by atoms with Gasteiger partial charge in [0, 0.05) is 30.8 Å². The number of carboxylic acid groups (broad SMARTS) is 1. The first kappa shape index (κ1) is 17.1. The number of likely N-dealkylation sites (tertiary alicyclic amines) is 1. The Bertz CT molecular complexity index is 984. The van der Waals surface area contributed by atoms with E-state index in [1.165, 1.54) is 24.3 Å². The van der Waals surface area contributed by atoms with Gasteiger partial charge < -0.3 is 24.5 Å². The van der Waals surface area contributed by atoms with Gasteiger partial charge in [-0.1, -0.05) is 12.1 Å². The molecular weight excluding hydrogens is 352 g/mol. The van der Waals surface area contributed by atoms with Crippen LogP contribution in [0, 0.1) is 5.41 Å². The summed E-state index contributed by atoms with van der Waals surface area (Å²) in [5.74, 6) is -0.945. The smallest absolute Gasteiger partial charge is 0.315 e. The van der Waals surface area contributed by atoms with Gasteiger partial charge in [0.25, 0.3) is 11.5 Å². The number of amides is 1. The van der Waals surface area contributed by atoms with Crippen LogP contribution in [0.2, 0.25) is 0 Å². The highest BCUT2D eigenvalue weighted by molar-refractivity contribution is 5.95. The number of benzene rings is 1. The number of carbonyl (C=O) groups is 2. The van der Waals surface area contributed by atoms with E-state index < -0.39 is 28.8 Å². The predicted octanol–water partition coefficient (Wildman–Crippen LogP) is 1.09. The Morgan fingerprint density at radius 2 is 2.15 bits per heavy atom. The zero-order valence-electron chi connectivity index (χ0n) is 14.6. The summed E-state index contributed by atoms with van der Waals surface area (Å²) in [7, 11) is 1.52. The highest BCUT2D eigenvalue weighted by atomic mass is 16.5. The molecule has 1 aromatic heterocycles. The second kappa shape index (κ2) is 6.15. The van der Waals surface area contributed by atoms with Gasteiger partial charge in [0.15, 0.2) is 11.5 Å². The van der Waals surface area contributed by atoms with E-state index in [0.29, 0.717) is 17.1 Å². The Labute approximate surface area is 154 Å². The number of methoxy groups -OCH3 is 1. The van der Waals surface area contributed by atoms with E-state index in [1.807, 2.05) is 0 Å². The van der Waals surface area contributed by atoms with Gasteiger partial charge in [-0.2, -0.15) is 0 Å². The molecule has 0 bridgehead atoms. The first-order chi connectivity index (χ1) is 13.0. The summed E-state index contributed by atoms with van der Waals surface area (Å²) >= 11 is 0. The number of hydrogen-bond donors (Lipinski definition) is 2. The van der Waals surface area contributed by atoms with E-state index in [-0.39, 0.29) is 25.3 Å². The molecule has 8 nitrogen and oxygen atoms in total. The lowest BCUT2D eigenvalue weighted by molar-refractivity contribution is -0.151. The third-order valence-corrected chi connectivity index (χ3v) is 5.38. The van der Waals surface area contributed by atoms with Crippen molar-refractivity contribution in [2.45, 2.75) is 5.92 Å². The third-order valence-electron chi connectivity index (χ3n) is 5.38. The molecule has 0 aliphatic carbocycles. The molecule has 1 aromatic carbocycles. The molecule has 1 saturated heterocycles. The molecule has 2 atom stereocenters. The average Bonchev–Trinajstić information content (AvgIpc) is 3.09. The summed E-state index contributed by atoms with van der Waals surface area (Å²) in [4.78, 5) is 40.9. The van der Waals surface area contributed by atoms with Crippen LogP contribution in [-0.4, -0.2) is 53.7 Å². The van der Waals surface area contributed by atoms with Gasteiger partial charge in [0.2, 0.25) is 0 Å². The van der Waals surface area contributed by atoms with Crippen molar-refractivity contribution in [2.75, 3.05) is 26.8 Å². The highest BCUT2D eigenvalue weighted by Gasteiger charge is 2.58. The van der Waals surface area contributed by atoms with Gasteiger partial charge in [-0.25, -0.2) is 0 Å². The van der Waals surface area contributed by atoms with E-state index in [2.05, 4.69) is 4.98 Å². The van der Waals surface area contributed by atoms with Gasteiger partial charge in [0.05, 0.1) is 7.11 Å². The number of carbonyl (C=O) groups excluding carboxylic acids is 1. The zero-order chi connectivity index (χ0) is 19.2. The van der Waals surface area contributed by atoms with Crippen molar-refractivity contribution < 1.29 is 24.2 Å². The number of aromatic amines is 1. The van der Waals surface area contributed by atoms with E-state index in [9.17, 15) is 19.5 Å². The first-order valence-corrected chi connectivity index (χ1v) is 8.48. The van der Waals surface area contributed by atoms with Crippen molar-refractivity contribution in [3.8, 4) is 11.5 Å². The van der Waals surface area contributed by atoms with Crippen molar-refractivity contribution >= 4 is 11.9 Å². The van der Waals surface area contributed by atoms with E-state index >= 15 is 0 Å². The van der Waals surface area contributed by atoms with Crippen LogP contribution in [-0.2, 0) is 4.79 Å². The zero-order valence-corrected chi connectivity index (χ0v) is 14.6. The van der Waals surface area contributed by atoms with Crippen LogP contribution in [0.1, 0.15) is 21.8 Å². The SMILES string of the molecule is COc1cccc2c1OC[C@]1(C(=O)O)CN(C(=O)c3ccc[nH]c3=O)C[C@H]21. The van der Waals surface area contributed by atoms with Crippen LogP contribution < -0.4 is 15.0 Å². The van der Waals surface area contributed by atoms with Crippen LogP contribution in [0.25, 0.3) is 0 Å². The van der Waals surface area contributed by atoms with E-state index in [4.69, 9.17) is 9.47 Å². The van der Waals surface area contributed by atoms with Gasteiger partial charge in [-0.05, 0) is 18.2 Å². The molecule has 1 fully saturated rings. The summed E-state index contributed by atoms with van der Waals surface area (Å²) in [5, 5.41) is 9.96. The number of H-pyrrole nitrogens is 1. The van der Waals surface area contributed by atoms with Crippen LogP contribution >= 0.6 is 0 Å². The minimum atomic E-state index is -1.27. The largest absolute Gasteiger partial charge is 0.493 e. The van der Waals surface area contributed by atoms with Gasteiger partial charge in [-0.3, -0.25) is 14.4 Å². The standard InChI is InChI=1S/C19H18N2O6/c1-26-14-6-2-4-11-13-8-21(17(23)12-5-3-7-20-16(12)22)9-19(13,18(24)25)10-27-15(11)14/h2-7,13H,8-10H2,1H3,(H,20,22)(H,24,25)/t13-,19-/m1/s1. The fourth-order valence-electron chi connectivity index (χ4n) is 3.97. The number of fused-ring (bicyclic) bond motifs is 3. The Morgan fingerprint density at radius 1 is 1.33 bits per heavy atom. The number of rotatable bonds is 3. The fourth-order valence-corrected chi connectivity index (χ4v) is 3.97. The molecule has 0 unspecified atom stereocenters. The highest BCUT2D eigenvalue weighted by Crippen LogP contribution is 2.52. The molecule has 8 heteroatoms. The molecule has 3 heterocycles. The van der Waals surface area contributed by atoms with Crippen LogP contribution in [0.4, 0.5) is 0 Å². The summed E-state index contributed by atoms with van der Waals surface area (Å²) in [6.07, 6.45) is 1.44. The molecule has 2 aromatic rings. The minimum Gasteiger partial charge on any atom is -0.493 e. The third kappa shape index (κ3) is 2.48. The normalized spacial score (nSPS) is 23.1. The van der Waals surface area contributed by atoms with Crippen molar-refractivity contribution in [2.24, 2.45) is 5.41 Å². The molecule has 0 spiro atoms. The number of pyridine rings is 1.